The van der Waals surface area contributed by atoms with Crippen LogP contribution in [-0.4, -0.2) is 19.6 Å². The molecule has 67 heavy (non-hydrogen) atoms. The van der Waals surface area contributed by atoms with Gasteiger partial charge in [-0.1, -0.05) is 152 Å². The summed E-state index contributed by atoms with van der Waals surface area (Å²) in [4.78, 5) is 10.3. The number of aromatic nitrogens is 3. The second kappa shape index (κ2) is 19.2. The predicted octanol–water partition coefficient (Wildman–Crippen LogP) is 16.9. The van der Waals surface area contributed by atoms with E-state index in [2.05, 4.69) is 148 Å². The fraction of sp³-hybridized carbons (Fsp3) is 0.323. The molecule has 0 fully saturated rings. The molecule has 0 aliphatic heterocycles. The molecule has 0 bridgehead atoms. The van der Waals surface area contributed by atoms with Crippen molar-refractivity contribution in [3.63, 3.8) is 0 Å². The minimum Gasteiger partial charge on any atom is -0.507 e. The molecule has 1 N–H and O–H groups in total. The molecule has 5 heteroatoms. The smallest absolute Gasteiger partial charge is 0.148 e. The van der Waals surface area contributed by atoms with Gasteiger partial charge in [-0.05, 0) is 150 Å². The maximum absolute atomic E-state index is 11.9. The molecule has 0 unspecified atom stereocenters. The van der Waals surface area contributed by atoms with Crippen molar-refractivity contribution in [2.24, 2.45) is 0 Å². The summed E-state index contributed by atoms with van der Waals surface area (Å²) >= 11 is 0. The Labute approximate surface area is 419 Å². The third-order valence-electron chi connectivity index (χ3n) is 14.8. The molecule has 0 atom stereocenters. The van der Waals surface area contributed by atoms with Crippen molar-refractivity contribution >= 4 is 11.0 Å². The van der Waals surface area contributed by atoms with Gasteiger partial charge in [-0.3, -0.25) is 9.55 Å². The van der Waals surface area contributed by atoms with E-state index in [4.69, 9.17) is 9.97 Å². The van der Waals surface area contributed by atoms with Crippen molar-refractivity contribution in [1.29, 1.82) is 0 Å². The molecule has 0 radical (unpaired) electrons. The normalized spacial score (nSPS) is 13.0. The molecular weight excluding hydrogens is 998 g/mol. The molecule has 8 rings (SSSR count). The predicted molar refractivity (Wildman–Crippen MR) is 280 cm³/mol. The molecule has 2 aromatic heterocycles. The van der Waals surface area contributed by atoms with Gasteiger partial charge in [0.1, 0.15) is 11.6 Å². The van der Waals surface area contributed by atoms with Crippen LogP contribution >= 0.6 is 0 Å². The quantitative estimate of drug-likeness (QED) is 0.124. The maximum Gasteiger partial charge on any atom is 0.148 e. The number of hydrogen-bond acceptors (Lipinski definition) is 3. The molecule has 0 spiro atoms. The number of imidazole rings is 1. The van der Waals surface area contributed by atoms with Gasteiger partial charge in [-0.2, -0.15) is 0 Å². The van der Waals surface area contributed by atoms with Gasteiger partial charge in [0.05, 0.1) is 22.3 Å². The van der Waals surface area contributed by atoms with E-state index in [0.29, 0.717) is 33.7 Å². The van der Waals surface area contributed by atoms with E-state index >= 15 is 0 Å². The van der Waals surface area contributed by atoms with Crippen LogP contribution in [0, 0.1) is 33.7 Å². The Morgan fingerprint density at radius 3 is 1.88 bits per heavy atom. The molecule has 0 aliphatic rings. The van der Waals surface area contributed by atoms with E-state index in [-0.39, 0.29) is 48.6 Å². The van der Waals surface area contributed by atoms with Crippen molar-refractivity contribution in [3.8, 4) is 67.5 Å². The van der Waals surface area contributed by atoms with Crippen LogP contribution in [-0.2, 0) is 37.3 Å². The van der Waals surface area contributed by atoms with Crippen molar-refractivity contribution in [1.82, 2.24) is 14.5 Å². The number of benzene rings is 6. The van der Waals surface area contributed by atoms with E-state index < -0.39 is 6.85 Å². The van der Waals surface area contributed by atoms with Crippen LogP contribution in [0.25, 0.3) is 72.7 Å². The number of hydrogen-bond donors (Lipinski definition) is 1. The zero-order valence-electron chi connectivity index (χ0n) is 44.5. The van der Waals surface area contributed by atoms with E-state index in [0.717, 1.165) is 81.4 Å². The number of phenolic OH excluding ortho intramolecular Hbond substituents is 1. The number of para-hydroxylation sites is 1. The number of nitrogens with zero attached hydrogens (tertiary/aromatic N) is 3. The third kappa shape index (κ3) is 9.24. The van der Waals surface area contributed by atoms with Crippen LogP contribution in [0.1, 0.15) is 131 Å². The first kappa shape index (κ1) is 45.2. The standard InChI is InChI=1S/C62H68N3O.Pt/c1-14-61(12,15-2)51-21-19-22-52(62(13,16-3)17-4)56(51)45-28-29-54(41(7)34-45)65-55-23-18-20-49(57(55)64-59(65)50-33-40(6)32-42(8)58(50)66)46-35-47(37-48(36-46)60(9,10)11)53-38-44(30-31-63-53)43-26-24-39(5)25-27-43;/h18-34,36-38,66H,14-17H2,1-13H3;/q-1;/i7D3;. The Morgan fingerprint density at radius 1 is 0.627 bits per heavy atom. The Balaban J connectivity index is 0.00000722. The average Bonchev–Trinajstić information content (AvgIpc) is 3.73. The van der Waals surface area contributed by atoms with Crippen LogP contribution in [0.4, 0.5) is 0 Å². The number of rotatable bonds is 12. The van der Waals surface area contributed by atoms with Crippen LogP contribution in [0.15, 0.2) is 121 Å². The molecule has 0 saturated heterocycles. The first-order valence-corrected chi connectivity index (χ1v) is 23.9. The minimum atomic E-state index is -2.52. The van der Waals surface area contributed by atoms with Crippen molar-refractivity contribution in [3.05, 3.63) is 166 Å². The number of aryl methyl sites for hydroxylation is 4. The van der Waals surface area contributed by atoms with Gasteiger partial charge in [0.25, 0.3) is 0 Å². The molecule has 8 aromatic rings. The first-order chi connectivity index (χ1) is 32.6. The summed E-state index contributed by atoms with van der Waals surface area (Å²) in [6.45, 7) is 23.7. The monoisotopic (exact) mass is 1070 g/mol. The molecule has 348 valence electrons. The van der Waals surface area contributed by atoms with Gasteiger partial charge in [0, 0.05) is 37.1 Å². The fourth-order valence-corrected chi connectivity index (χ4v) is 9.68. The summed E-state index contributed by atoms with van der Waals surface area (Å²) in [7, 11) is 0. The van der Waals surface area contributed by atoms with E-state index in [9.17, 15) is 9.22 Å². The average molecular weight is 1070 g/mol. The van der Waals surface area contributed by atoms with Crippen molar-refractivity contribution in [2.75, 3.05) is 0 Å². The number of fused-ring (bicyclic) bond motifs is 1. The van der Waals surface area contributed by atoms with E-state index in [1.54, 1.807) is 0 Å². The Morgan fingerprint density at radius 2 is 1.25 bits per heavy atom. The largest absolute Gasteiger partial charge is 0.507 e. The van der Waals surface area contributed by atoms with Crippen molar-refractivity contribution in [2.45, 2.75) is 132 Å². The van der Waals surface area contributed by atoms with Gasteiger partial charge in [-0.15, -0.1) is 29.3 Å². The summed E-state index contributed by atoms with van der Waals surface area (Å²) in [5, 5.41) is 11.9. The molecule has 0 amide bonds. The topological polar surface area (TPSA) is 50.9 Å². The Hall–Kier alpha value is -5.57. The molecule has 6 aromatic carbocycles. The number of pyridine rings is 1. The summed E-state index contributed by atoms with van der Waals surface area (Å²) in [6, 6.07) is 43.5. The maximum atomic E-state index is 11.9. The minimum absolute atomic E-state index is 0. The van der Waals surface area contributed by atoms with Crippen LogP contribution < -0.4 is 0 Å². The van der Waals surface area contributed by atoms with E-state index in [1.807, 2.05) is 67.1 Å². The third-order valence-corrected chi connectivity index (χ3v) is 14.8. The zero-order valence-corrected chi connectivity index (χ0v) is 43.8. The molecule has 4 nitrogen and oxygen atoms in total. The molecule has 2 heterocycles. The first-order valence-electron chi connectivity index (χ1n) is 25.4. The Kier molecular flexibility index (Phi) is 13.0. The molecular formula is C62H68N3OPt-. The van der Waals surface area contributed by atoms with Gasteiger partial charge < -0.3 is 5.11 Å². The van der Waals surface area contributed by atoms with E-state index in [1.165, 1.54) is 16.7 Å². The van der Waals surface area contributed by atoms with Crippen LogP contribution in [0.2, 0.25) is 0 Å². The van der Waals surface area contributed by atoms with Crippen molar-refractivity contribution < 1.29 is 30.3 Å². The number of phenols is 1. The van der Waals surface area contributed by atoms with Gasteiger partial charge in [0.15, 0.2) is 0 Å². The molecule has 0 aliphatic carbocycles. The van der Waals surface area contributed by atoms with Gasteiger partial charge in [0.2, 0.25) is 0 Å². The van der Waals surface area contributed by atoms with Crippen LogP contribution in [0.3, 0.4) is 0 Å². The number of aromatic hydroxyl groups is 1. The van der Waals surface area contributed by atoms with Gasteiger partial charge in [-0.25, -0.2) is 4.98 Å². The fourth-order valence-electron chi connectivity index (χ4n) is 9.68. The molecule has 0 saturated carbocycles. The summed E-state index contributed by atoms with van der Waals surface area (Å²) in [5.74, 6) is 0.555. The summed E-state index contributed by atoms with van der Waals surface area (Å²) in [6.07, 6.45) is 5.63. The SMILES string of the molecule is [2H]C([2H])([2H])c1cc(-c2c(C(C)(CC)CC)cccc2C(C)(CC)CC)ccc1-n1c(-c2cc(C)cc(C)c2O)nc2c(-c3[c-]c(-c4cc(-c5ccc(C)cc5)ccn4)cc(C(C)(C)C)c3)cccc21.[Pt]. The second-order valence-corrected chi connectivity index (χ2v) is 20.2. The Bertz CT molecular complexity index is 3170. The summed E-state index contributed by atoms with van der Waals surface area (Å²) < 4.78 is 29.7. The van der Waals surface area contributed by atoms with Crippen LogP contribution in [0.5, 0.6) is 5.75 Å². The summed E-state index contributed by atoms with van der Waals surface area (Å²) in [5.41, 5.74) is 16.1. The zero-order chi connectivity index (χ0) is 49.8. The second-order valence-electron chi connectivity index (χ2n) is 20.2. The van der Waals surface area contributed by atoms with Gasteiger partial charge >= 0.3 is 0 Å².